The highest BCUT2D eigenvalue weighted by Crippen LogP contribution is 2.31. The van der Waals surface area contributed by atoms with E-state index in [1.807, 2.05) is 0 Å². The van der Waals surface area contributed by atoms with Gasteiger partial charge in [-0.3, -0.25) is 24.5 Å². The molecule has 2 aromatic rings. The fraction of sp³-hybridized carbons (Fsp3) is 0.211. The Labute approximate surface area is 165 Å². The number of nitro groups is 1. The van der Waals surface area contributed by atoms with Crippen molar-refractivity contribution in [2.75, 3.05) is 30.0 Å². The van der Waals surface area contributed by atoms with Crippen LogP contribution in [-0.2, 0) is 19.1 Å². The number of esters is 1. The van der Waals surface area contributed by atoms with Gasteiger partial charge < -0.3 is 19.7 Å². The minimum Gasteiger partial charge on any atom is -0.482 e. The predicted octanol–water partition coefficient (Wildman–Crippen LogP) is 1.89. The number of nitro benzene ring substituents is 1. The summed E-state index contributed by atoms with van der Waals surface area (Å²) in [5.74, 6) is -1.13. The van der Waals surface area contributed by atoms with Crippen LogP contribution in [0.15, 0.2) is 48.5 Å². The maximum absolute atomic E-state index is 12.1. The standard InChI is InChI=1S/C19H17N3O7/c23-17(20-13-5-1-2-6-14(13)22(26)27)11-29-19(25)9-10-21-15-7-3-4-8-16(15)28-12-18(21)24/h1-8H,9-12H2,(H,20,23). The summed E-state index contributed by atoms with van der Waals surface area (Å²) in [6, 6.07) is 12.6. The van der Waals surface area contributed by atoms with Crippen molar-refractivity contribution in [3.05, 3.63) is 58.6 Å². The van der Waals surface area contributed by atoms with Crippen LogP contribution in [0.1, 0.15) is 6.42 Å². The second-order valence-electron chi connectivity index (χ2n) is 6.03. The van der Waals surface area contributed by atoms with Crippen molar-refractivity contribution in [3.63, 3.8) is 0 Å². The Bertz CT molecular complexity index is 960. The molecule has 29 heavy (non-hydrogen) atoms. The number of nitrogens with one attached hydrogen (secondary N) is 1. The van der Waals surface area contributed by atoms with Gasteiger partial charge in [-0.1, -0.05) is 24.3 Å². The molecule has 0 atom stereocenters. The largest absolute Gasteiger partial charge is 0.482 e. The van der Waals surface area contributed by atoms with Crippen LogP contribution in [0.5, 0.6) is 5.75 Å². The van der Waals surface area contributed by atoms with Crippen LogP contribution in [0.4, 0.5) is 17.1 Å². The van der Waals surface area contributed by atoms with Crippen molar-refractivity contribution in [1.29, 1.82) is 0 Å². The lowest BCUT2D eigenvalue weighted by atomic mass is 10.2. The molecule has 1 heterocycles. The molecule has 150 valence electrons. The highest BCUT2D eigenvalue weighted by Gasteiger charge is 2.25. The van der Waals surface area contributed by atoms with Gasteiger partial charge >= 0.3 is 5.97 Å². The van der Waals surface area contributed by atoms with Gasteiger partial charge in [0.25, 0.3) is 17.5 Å². The molecule has 1 aliphatic heterocycles. The molecule has 2 amide bonds. The number of benzene rings is 2. The lowest BCUT2D eigenvalue weighted by Gasteiger charge is -2.28. The van der Waals surface area contributed by atoms with Crippen LogP contribution < -0.4 is 15.0 Å². The number of fused-ring (bicyclic) bond motifs is 1. The Morgan fingerprint density at radius 2 is 1.90 bits per heavy atom. The first-order valence-electron chi connectivity index (χ1n) is 8.67. The van der Waals surface area contributed by atoms with Crippen LogP contribution in [0.2, 0.25) is 0 Å². The average molecular weight is 399 g/mol. The van der Waals surface area contributed by atoms with Crippen LogP contribution in [0.3, 0.4) is 0 Å². The molecular weight excluding hydrogens is 382 g/mol. The molecule has 2 aromatic carbocycles. The number of para-hydroxylation sites is 4. The van der Waals surface area contributed by atoms with Crippen molar-refractivity contribution in [2.24, 2.45) is 0 Å². The zero-order valence-electron chi connectivity index (χ0n) is 15.2. The number of nitrogens with zero attached hydrogens (tertiary/aromatic N) is 2. The van der Waals surface area contributed by atoms with Crippen LogP contribution in [-0.4, -0.2) is 42.5 Å². The summed E-state index contributed by atoms with van der Waals surface area (Å²) < 4.78 is 10.2. The first-order valence-corrected chi connectivity index (χ1v) is 8.67. The number of amides is 2. The molecule has 0 bridgehead atoms. The Kier molecular flexibility index (Phi) is 6.03. The zero-order valence-corrected chi connectivity index (χ0v) is 15.2. The van der Waals surface area contributed by atoms with E-state index in [1.54, 1.807) is 24.3 Å². The summed E-state index contributed by atoms with van der Waals surface area (Å²) in [5.41, 5.74) is 0.302. The number of hydrogen-bond acceptors (Lipinski definition) is 7. The molecule has 0 aliphatic carbocycles. The first-order chi connectivity index (χ1) is 14.0. The van der Waals surface area contributed by atoms with Gasteiger partial charge in [0, 0.05) is 12.6 Å². The fourth-order valence-corrected chi connectivity index (χ4v) is 2.75. The van der Waals surface area contributed by atoms with Gasteiger partial charge in [0.05, 0.1) is 17.0 Å². The predicted molar refractivity (Wildman–Crippen MR) is 102 cm³/mol. The number of hydrogen-bond donors (Lipinski definition) is 1. The second kappa shape index (κ2) is 8.83. The highest BCUT2D eigenvalue weighted by atomic mass is 16.6. The summed E-state index contributed by atoms with van der Waals surface area (Å²) >= 11 is 0. The third-order valence-electron chi connectivity index (χ3n) is 4.09. The zero-order chi connectivity index (χ0) is 20.8. The Morgan fingerprint density at radius 1 is 1.17 bits per heavy atom. The number of carbonyl (C=O) groups is 3. The smallest absolute Gasteiger partial charge is 0.308 e. The molecule has 3 rings (SSSR count). The van der Waals surface area contributed by atoms with Crippen molar-refractivity contribution < 1.29 is 28.8 Å². The molecule has 0 spiro atoms. The first kappa shape index (κ1) is 19.8. The quantitative estimate of drug-likeness (QED) is 0.428. The molecule has 10 nitrogen and oxygen atoms in total. The van der Waals surface area contributed by atoms with E-state index >= 15 is 0 Å². The Balaban J connectivity index is 1.50. The van der Waals surface area contributed by atoms with Crippen LogP contribution in [0.25, 0.3) is 0 Å². The maximum Gasteiger partial charge on any atom is 0.308 e. The minimum absolute atomic E-state index is 0.00840. The lowest BCUT2D eigenvalue weighted by molar-refractivity contribution is -0.383. The van der Waals surface area contributed by atoms with E-state index in [9.17, 15) is 24.5 Å². The Morgan fingerprint density at radius 3 is 2.69 bits per heavy atom. The fourth-order valence-electron chi connectivity index (χ4n) is 2.75. The van der Waals surface area contributed by atoms with Gasteiger partial charge in [0.2, 0.25) is 0 Å². The number of ether oxygens (including phenoxy) is 2. The summed E-state index contributed by atoms with van der Waals surface area (Å²) in [7, 11) is 0. The number of rotatable bonds is 7. The van der Waals surface area contributed by atoms with E-state index in [2.05, 4.69) is 5.32 Å². The molecule has 1 aliphatic rings. The van der Waals surface area contributed by atoms with Gasteiger partial charge in [0.15, 0.2) is 13.2 Å². The van der Waals surface area contributed by atoms with E-state index in [1.165, 1.54) is 29.2 Å². The lowest BCUT2D eigenvalue weighted by Crippen LogP contribution is -2.40. The van der Waals surface area contributed by atoms with E-state index in [-0.39, 0.29) is 36.9 Å². The molecule has 0 radical (unpaired) electrons. The monoisotopic (exact) mass is 399 g/mol. The molecule has 0 saturated heterocycles. The van der Waals surface area contributed by atoms with Crippen LogP contribution in [0, 0.1) is 10.1 Å². The van der Waals surface area contributed by atoms with E-state index < -0.39 is 23.4 Å². The van der Waals surface area contributed by atoms with Gasteiger partial charge in [0.1, 0.15) is 11.4 Å². The van der Waals surface area contributed by atoms with Crippen molar-refractivity contribution in [3.8, 4) is 5.75 Å². The third kappa shape index (κ3) is 4.86. The summed E-state index contributed by atoms with van der Waals surface area (Å²) in [6.45, 7) is -0.646. The SMILES string of the molecule is O=C(COC(=O)CCN1C(=O)COc2ccccc21)Nc1ccccc1[N+](=O)[O-]. The molecule has 0 saturated carbocycles. The number of anilines is 2. The average Bonchev–Trinajstić information content (AvgIpc) is 2.71. The Hall–Kier alpha value is -3.95. The van der Waals surface area contributed by atoms with E-state index in [0.29, 0.717) is 11.4 Å². The summed E-state index contributed by atoms with van der Waals surface area (Å²) in [4.78, 5) is 47.7. The van der Waals surface area contributed by atoms with Crippen molar-refractivity contribution in [2.45, 2.75) is 6.42 Å². The van der Waals surface area contributed by atoms with Crippen LogP contribution >= 0.6 is 0 Å². The van der Waals surface area contributed by atoms with E-state index in [4.69, 9.17) is 9.47 Å². The van der Waals surface area contributed by atoms with Gasteiger partial charge in [-0.2, -0.15) is 0 Å². The van der Waals surface area contributed by atoms with Gasteiger partial charge in [-0.05, 0) is 18.2 Å². The third-order valence-corrected chi connectivity index (χ3v) is 4.09. The minimum atomic E-state index is -0.708. The molecule has 0 aromatic heterocycles. The normalized spacial score (nSPS) is 12.6. The summed E-state index contributed by atoms with van der Waals surface area (Å²) in [5, 5.41) is 13.3. The molecule has 10 heteroatoms. The number of carbonyl (C=O) groups excluding carboxylic acids is 3. The maximum atomic E-state index is 12.1. The van der Waals surface area contributed by atoms with E-state index in [0.717, 1.165) is 0 Å². The van der Waals surface area contributed by atoms with Crippen molar-refractivity contribution in [1.82, 2.24) is 0 Å². The van der Waals surface area contributed by atoms with Gasteiger partial charge in [-0.25, -0.2) is 0 Å². The van der Waals surface area contributed by atoms with Crippen molar-refractivity contribution >= 4 is 34.8 Å². The van der Waals surface area contributed by atoms with Gasteiger partial charge in [-0.15, -0.1) is 0 Å². The highest BCUT2D eigenvalue weighted by molar-refractivity contribution is 5.98. The molecule has 1 N–H and O–H groups in total. The molecule has 0 unspecified atom stereocenters. The summed E-state index contributed by atoms with van der Waals surface area (Å²) in [6.07, 6.45) is -0.126. The molecule has 0 fully saturated rings. The second-order valence-corrected chi connectivity index (χ2v) is 6.03. The topological polar surface area (TPSA) is 128 Å². The molecular formula is C19H17N3O7.